The number of benzene rings is 2. The maximum atomic E-state index is 12.2. The molecule has 6 nitrogen and oxygen atoms in total. The third-order valence-corrected chi connectivity index (χ3v) is 4.83. The van der Waals surface area contributed by atoms with Crippen LogP contribution in [-0.4, -0.2) is 23.2 Å². The zero-order chi connectivity index (χ0) is 17.7. The van der Waals surface area contributed by atoms with Gasteiger partial charge in [0.1, 0.15) is 12.7 Å². The van der Waals surface area contributed by atoms with E-state index in [1.165, 1.54) is 11.7 Å². The zero-order valence-electron chi connectivity index (χ0n) is 13.6. The Hall–Kier alpha value is -2.77. The molecule has 128 valence electrons. The number of sulfonamides is 1. The molecule has 2 aromatic carbocycles. The molecule has 1 atom stereocenters. The lowest BCUT2D eigenvalue weighted by Crippen LogP contribution is -2.24. The van der Waals surface area contributed by atoms with Crippen molar-refractivity contribution >= 4 is 16.1 Å². The smallest absolute Gasteiger partial charge is 0.223 e. The van der Waals surface area contributed by atoms with Gasteiger partial charge in [0.15, 0.2) is 0 Å². The summed E-state index contributed by atoms with van der Waals surface area (Å²) >= 11 is 0. The molecule has 0 bridgehead atoms. The largest absolute Gasteiger partial charge is 0.234 e. The van der Waals surface area contributed by atoms with Crippen molar-refractivity contribution in [1.29, 1.82) is 0 Å². The van der Waals surface area contributed by atoms with Crippen molar-refractivity contribution in [3.8, 4) is 5.69 Å². The fraction of sp³-hybridized carbons (Fsp3) is 0.111. The molecule has 7 heteroatoms. The first-order valence-corrected chi connectivity index (χ1v) is 9.28. The van der Waals surface area contributed by atoms with Crippen LogP contribution in [0.1, 0.15) is 24.1 Å². The van der Waals surface area contributed by atoms with E-state index in [2.05, 4.69) is 14.8 Å². The van der Waals surface area contributed by atoms with Gasteiger partial charge in [-0.25, -0.2) is 22.8 Å². The Morgan fingerprint density at radius 3 is 2.44 bits per heavy atom. The van der Waals surface area contributed by atoms with E-state index >= 15 is 0 Å². The van der Waals surface area contributed by atoms with Crippen LogP contribution in [0.5, 0.6) is 0 Å². The molecule has 0 saturated heterocycles. The van der Waals surface area contributed by atoms with Crippen LogP contribution in [0.15, 0.2) is 72.7 Å². The van der Waals surface area contributed by atoms with Crippen LogP contribution in [0.25, 0.3) is 11.8 Å². The van der Waals surface area contributed by atoms with E-state index in [0.717, 1.165) is 16.8 Å². The van der Waals surface area contributed by atoms with Crippen LogP contribution >= 0.6 is 0 Å². The molecule has 1 heterocycles. The highest BCUT2D eigenvalue weighted by Gasteiger charge is 2.13. The highest BCUT2D eigenvalue weighted by Crippen LogP contribution is 2.16. The molecule has 0 fully saturated rings. The van der Waals surface area contributed by atoms with Crippen molar-refractivity contribution < 1.29 is 8.42 Å². The maximum Gasteiger partial charge on any atom is 0.234 e. The van der Waals surface area contributed by atoms with Gasteiger partial charge >= 0.3 is 0 Å². The van der Waals surface area contributed by atoms with Crippen molar-refractivity contribution in [3.05, 3.63) is 83.8 Å². The van der Waals surface area contributed by atoms with Crippen molar-refractivity contribution in [2.45, 2.75) is 13.0 Å². The summed E-state index contributed by atoms with van der Waals surface area (Å²) in [4.78, 5) is 3.90. The first-order valence-electron chi connectivity index (χ1n) is 7.74. The molecular weight excluding hydrogens is 336 g/mol. The fourth-order valence-corrected chi connectivity index (χ4v) is 3.39. The Labute approximate surface area is 146 Å². The average molecular weight is 354 g/mol. The van der Waals surface area contributed by atoms with Crippen LogP contribution in [0, 0.1) is 0 Å². The van der Waals surface area contributed by atoms with Crippen LogP contribution in [0.2, 0.25) is 0 Å². The van der Waals surface area contributed by atoms with Crippen molar-refractivity contribution in [3.63, 3.8) is 0 Å². The molecule has 0 amide bonds. The lowest BCUT2D eigenvalue weighted by molar-refractivity contribution is 0.576. The van der Waals surface area contributed by atoms with Gasteiger partial charge in [-0.2, -0.15) is 5.10 Å². The second kappa shape index (κ2) is 7.42. The van der Waals surface area contributed by atoms with E-state index in [9.17, 15) is 8.42 Å². The second-order valence-electron chi connectivity index (χ2n) is 5.53. The van der Waals surface area contributed by atoms with Gasteiger partial charge in [-0.15, -0.1) is 0 Å². The number of aromatic nitrogens is 3. The number of rotatable bonds is 6. The molecule has 3 aromatic rings. The monoisotopic (exact) mass is 354 g/mol. The Morgan fingerprint density at radius 1 is 1.08 bits per heavy atom. The normalized spacial score (nSPS) is 13.2. The quantitative estimate of drug-likeness (QED) is 0.738. The van der Waals surface area contributed by atoms with Crippen LogP contribution in [0.4, 0.5) is 0 Å². The minimum absolute atomic E-state index is 0.352. The van der Waals surface area contributed by atoms with E-state index in [1.807, 2.05) is 54.6 Å². The third-order valence-electron chi connectivity index (χ3n) is 3.66. The summed E-state index contributed by atoms with van der Waals surface area (Å²) in [5.74, 6) is 0. The number of hydrogen-bond donors (Lipinski definition) is 1. The topological polar surface area (TPSA) is 76.9 Å². The van der Waals surface area contributed by atoms with Gasteiger partial charge in [-0.1, -0.05) is 42.5 Å². The van der Waals surface area contributed by atoms with Crippen molar-refractivity contribution in [2.75, 3.05) is 0 Å². The molecule has 25 heavy (non-hydrogen) atoms. The number of nitrogens with zero attached hydrogens (tertiary/aromatic N) is 3. The van der Waals surface area contributed by atoms with E-state index in [1.54, 1.807) is 24.0 Å². The van der Waals surface area contributed by atoms with Crippen LogP contribution in [0.3, 0.4) is 0 Å². The van der Waals surface area contributed by atoms with E-state index in [4.69, 9.17) is 0 Å². The van der Waals surface area contributed by atoms with Gasteiger partial charge in [0, 0.05) is 11.4 Å². The SMILES string of the molecule is C[C@@H](NS(=O)(=O)/C=C/c1ccccc1)c1ccc(-n2cncn2)cc1. The Bertz CT molecular complexity index is 935. The first-order chi connectivity index (χ1) is 12.0. The highest BCUT2D eigenvalue weighted by atomic mass is 32.2. The molecule has 0 aliphatic carbocycles. The average Bonchev–Trinajstić information content (AvgIpc) is 3.15. The summed E-state index contributed by atoms with van der Waals surface area (Å²) in [6, 6.07) is 16.4. The molecule has 0 aliphatic heterocycles. The molecular formula is C18H18N4O2S. The molecule has 3 rings (SSSR count). The van der Waals surface area contributed by atoms with Crippen molar-refractivity contribution in [2.24, 2.45) is 0 Å². The first kappa shape index (κ1) is 17.1. The molecule has 0 saturated carbocycles. The minimum atomic E-state index is -3.54. The maximum absolute atomic E-state index is 12.2. The molecule has 0 radical (unpaired) electrons. The summed E-state index contributed by atoms with van der Waals surface area (Å²) in [5.41, 5.74) is 2.55. The second-order valence-corrected chi connectivity index (χ2v) is 7.13. The zero-order valence-corrected chi connectivity index (χ0v) is 14.5. The highest BCUT2D eigenvalue weighted by molar-refractivity contribution is 7.92. The fourth-order valence-electron chi connectivity index (χ4n) is 2.34. The summed E-state index contributed by atoms with van der Waals surface area (Å²) < 4.78 is 28.7. The van der Waals surface area contributed by atoms with E-state index in [-0.39, 0.29) is 6.04 Å². The van der Waals surface area contributed by atoms with Gasteiger partial charge in [-0.05, 0) is 36.3 Å². The molecule has 0 aliphatic rings. The van der Waals surface area contributed by atoms with Gasteiger partial charge in [0.05, 0.1) is 5.69 Å². The Kier molecular flexibility index (Phi) is 5.06. The summed E-state index contributed by atoms with van der Waals surface area (Å²) in [6.45, 7) is 1.80. The summed E-state index contributed by atoms with van der Waals surface area (Å²) in [6.07, 6.45) is 4.64. The van der Waals surface area contributed by atoms with Gasteiger partial charge in [0.25, 0.3) is 0 Å². The summed E-state index contributed by atoms with van der Waals surface area (Å²) in [5, 5.41) is 5.24. The van der Waals surface area contributed by atoms with Crippen molar-refractivity contribution in [1.82, 2.24) is 19.5 Å². The Morgan fingerprint density at radius 2 is 1.80 bits per heavy atom. The van der Waals surface area contributed by atoms with E-state index < -0.39 is 10.0 Å². The molecule has 1 aromatic heterocycles. The Balaban J connectivity index is 1.68. The lowest BCUT2D eigenvalue weighted by atomic mass is 10.1. The molecule has 0 unspecified atom stereocenters. The van der Waals surface area contributed by atoms with Gasteiger partial charge < -0.3 is 0 Å². The van der Waals surface area contributed by atoms with Crippen LogP contribution in [-0.2, 0) is 10.0 Å². The summed E-state index contributed by atoms with van der Waals surface area (Å²) in [7, 11) is -3.54. The van der Waals surface area contributed by atoms with Crippen LogP contribution < -0.4 is 4.72 Å². The minimum Gasteiger partial charge on any atom is -0.223 e. The van der Waals surface area contributed by atoms with Gasteiger partial charge in [-0.3, -0.25) is 0 Å². The number of nitrogens with one attached hydrogen (secondary N) is 1. The number of hydrogen-bond acceptors (Lipinski definition) is 4. The lowest BCUT2D eigenvalue weighted by Gasteiger charge is -2.13. The molecule has 0 spiro atoms. The van der Waals surface area contributed by atoms with Gasteiger partial charge in [0.2, 0.25) is 10.0 Å². The predicted octanol–water partition coefficient (Wildman–Crippen LogP) is 2.92. The molecule has 1 N–H and O–H groups in total. The van der Waals surface area contributed by atoms with E-state index in [0.29, 0.717) is 0 Å². The third kappa shape index (κ3) is 4.62. The predicted molar refractivity (Wildman–Crippen MR) is 97.3 cm³/mol. The standard InChI is InChI=1S/C18H18N4O2S/c1-15(17-7-9-18(10-8-17)22-14-19-13-20-22)21-25(23,24)12-11-16-5-3-2-4-6-16/h2-15,21H,1H3/b12-11+/t15-/m1/s1.